The summed E-state index contributed by atoms with van der Waals surface area (Å²) < 4.78 is 0. The number of aliphatic hydroxyl groups excluding tert-OH is 1. The van der Waals surface area contributed by atoms with E-state index >= 15 is 0 Å². The van der Waals surface area contributed by atoms with Crippen molar-refractivity contribution in [2.24, 2.45) is 5.92 Å². The number of aliphatic hydroxyl groups is 1. The second-order valence-electron chi connectivity index (χ2n) is 4.31. The van der Waals surface area contributed by atoms with E-state index in [0.717, 1.165) is 13.0 Å². The third-order valence-electron chi connectivity index (χ3n) is 2.26. The summed E-state index contributed by atoms with van der Waals surface area (Å²) >= 11 is 1.82. The molecular formula is C11H26N2OS. The molecule has 0 amide bonds. The zero-order valence-corrected chi connectivity index (χ0v) is 11.2. The first-order valence-corrected chi connectivity index (χ1v) is 6.99. The molecule has 0 fully saturated rings. The Kier molecular flexibility index (Phi) is 9.60. The van der Waals surface area contributed by atoms with Crippen LogP contribution in [0.25, 0.3) is 0 Å². The van der Waals surface area contributed by atoms with Crippen molar-refractivity contribution in [3.63, 3.8) is 0 Å². The molecule has 2 unspecified atom stereocenters. The summed E-state index contributed by atoms with van der Waals surface area (Å²) in [7, 11) is 0. The first kappa shape index (κ1) is 15.2. The molecule has 0 saturated heterocycles. The first-order chi connectivity index (χ1) is 7.10. The summed E-state index contributed by atoms with van der Waals surface area (Å²) in [4.78, 5) is 0. The fraction of sp³-hybridized carbons (Fsp3) is 1.00. The van der Waals surface area contributed by atoms with Gasteiger partial charge in [0.2, 0.25) is 0 Å². The van der Waals surface area contributed by atoms with Gasteiger partial charge in [-0.1, -0.05) is 20.8 Å². The number of hydrogen-bond donors (Lipinski definition) is 3. The molecule has 0 heterocycles. The molecule has 92 valence electrons. The summed E-state index contributed by atoms with van der Waals surface area (Å²) in [6.45, 7) is 8.58. The van der Waals surface area contributed by atoms with Gasteiger partial charge in [-0.15, -0.1) is 11.8 Å². The highest BCUT2D eigenvalue weighted by atomic mass is 32.2. The Balaban J connectivity index is 3.64. The van der Waals surface area contributed by atoms with Gasteiger partial charge in [0, 0.05) is 12.6 Å². The number of rotatable bonds is 9. The molecule has 0 aliphatic heterocycles. The van der Waals surface area contributed by atoms with Gasteiger partial charge in [-0.2, -0.15) is 0 Å². The highest BCUT2D eigenvalue weighted by Gasteiger charge is 2.11. The Bertz CT molecular complexity index is 145. The van der Waals surface area contributed by atoms with Gasteiger partial charge in [-0.25, -0.2) is 0 Å². The quantitative estimate of drug-likeness (QED) is 0.526. The second-order valence-corrected chi connectivity index (χ2v) is 5.35. The van der Waals surface area contributed by atoms with E-state index in [0.29, 0.717) is 23.9 Å². The lowest BCUT2D eigenvalue weighted by Crippen LogP contribution is -2.34. The van der Waals surface area contributed by atoms with Gasteiger partial charge in [-0.3, -0.25) is 0 Å². The third kappa shape index (κ3) is 9.18. The average molecular weight is 234 g/mol. The fourth-order valence-corrected chi connectivity index (χ4v) is 2.18. The molecule has 0 rings (SSSR count). The van der Waals surface area contributed by atoms with Gasteiger partial charge in [-0.05, 0) is 25.1 Å². The van der Waals surface area contributed by atoms with Crippen molar-refractivity contribution in [2.45, 2.75) is 38.6 Å². The molecule has 0 aromatic rings. The molecule has 0 bridgehead atoms. The van der Waals surface area contributed by atoms with E-state index in [1.807, 2.05) is 11.8 Å². The zero-order chi connectivity index (χ0) is 11.7. The normalized spacial score (nSPS) is 15.6. The van der Waals surface area contributed by atoms with Crippen LogP contribution in [-0.4, -0.2) is 42.5 Å². The van der Waals surface area contributed by atoms with E-state index in [2.05, 4.69) is 37.7 Å². The van der Waals surface area contributed by atoms with E-state index < -0.39 is 0 Å². The van der Waals surface area contributed by atoms with Crippen molar-refractivity contribution in [1.82, 2.24) is 10.6 Å². The predicted molar refractivity (Wildman–Crippen MR) is 69.3 cm³/mol. The van der Waals surface area contributed by atoms with Gasteiger partial charge in [0.05, 0.1) is 12.0 Å². The van der Waals surface area contributed by atoms with Crippen LogP contribution in [0.2, 0.25) is 0 Å². The maximum absolute atomic E-state index is 8.74. The summed E-state index contributed by atoms with van der Waals surface area (Å²) in [6.07, 6.45) is 3.25. The Labute approximate surface area is 98.4 Å². The van der Waals surface area contributed by atoms with Gasteiger partial charge in [0.15, 0.2) is 0 Å². The van der Waals surface area contributed by atoms with Crippen molar-refractivity contribution in [1.29, 1.82) is 0 Å². The molecule has 0 aromatic carbocycles. The molecule has 0 saturated carbocycles. The van der Waals surface area contributed by atoms with Crippen molar-refractivity contribution in [3.05, 3.63) is 0 Å². The smallest absolute Gasteiger partial charge is 0.0556 e. The zero-order valence-electron chi connectivity index (χ0n) is 10.4. The number of thioether (sulfide) groups is 1. The molecule has 0 radical (unpaired) electrons. The Morgan fingerprint density at radius 3 is 2.33 bits per heavy atom. The molecule has 0 aromatic heterocycles. The summed E-state index contributed by atoms with van der Waals surface area (Å²) in [6, 6.07) is 0.561. The van der Waals surface area contributed by atoms with E-state index in [1.165, 1.54) is 0 Å². The van der Waals surface area contributed by atoms with Crippen LogP contribution in [0.5, 0.6) is 0 Å². The largest absolute Gasteiger partial charge is 0.395 e. The molecule has 0 spiro atoms. The summed E-state index contributed by atoms with van der Waals surface area (Å²) in [5.74, 6) is 0.663. The van der Waals surface area contributed by atoms with Crippen LogP contribution in [0.3, 0.4) is 0 Å². The monoisotopic (exact) mass is 234 g/mol. The molecule has 3 N–H and O–H groups in total. The van der Waals surface area contributed by atoms with E-state index in [4.69, 9.17) is 5.11 Å². The first-order valence-electron chi connectivity index (χ1n) is 5.70. The molecular weight excluding hydrogens is 208 g/mol. The number of nitrogens with one attached hydrogen (secondary N) is 2. The molecule has 0 aliphatic carbocycles. The van der Waals surface area contributed by atoms with Gasteiger partial charge in [0.1, 0.15) is 0 Å². The van der Waals surface area contributed by atoms with E-state index in [1.54, 1.807) is 0 Å². The minimum absolute atomic E-state index is 0.218. The fourth-order valence-electron chi connectivity index (χ4n) is 1.37. The predicted octanol–water partition coefficient (Wildman–Crippen LogP) is 1.28. The van der Waals surface area contributed by atoms with Crippen LogP contribution in [0.4, 0.5) is 0 Å². The van der Waals surface area contributed by atoms with E-state index in [-0.39, 0.29) is 6.61 Å². The second kappa shape index (κ2) is 9.46. The molecule has 15 heavy (non-hydrogen) atoms. The lowest BCUT2D eigenvalue weighted by molar-refractivity contribution is 0.287. The summed E-state index contributed by atoms with van der Waals surface area (Å²) in [5, 5.41) is 16.0. The van der Waals surface area contributed by atoms with Crippen molar-refractivity contribution >= 4 is 11.8 Å². The molecule has 4 heteroatoms. The SMILES string of the molecule is CSC(CC(C)CNC(C)C)NCCO. The van der Waals surface area contributed by atoms with E-state index in [9.17, 15) is 0 Å². The van der Waals surface area contributed by atoms with Crippen LogP contribution in [-0.2, 0) is 0 Å². The molecule has 2 atom stereocenters. The van der Waals surface area contributed by atoms with Crippen LogP contribution in [0.15, 0.2) is 0 Å². The number of hydrogen-bond acceptors (Lipinski definition) is 4. The van der Waals surface area contributed by atoms with Crippen LogP contribution in [0, 0.1) is 5.92 Å². The Morgan fingerprint density at radius 2 is 1.87 bits per heavy atom. The van der Waals surface area contributed by atoms with Crippen LogP contribution >= 0.6 is 11.8 Å². The van der Waals surface area contributed by atoms with Gasteiger partial charge < -0.3 is 15.7 Å². The lowest BCUT2D eigenvalue weighted by atomic mass is 10.1. The molecule has 3 nitrogen and oxygen atoms in total. The third-order valence-corrected chi connectivity index (χ3v) is 3.19. The van der Waals surface area contributed by atoms with Crippen molar-refractivity contribution < 1.29 is 5.11 Å². The topological polar surface area (TPSA) is 44.3 Å². The summed E-state index contributed by atoms with van der Waals surface area (Å²) in [5.41, 5.74) is 0. The minimum atomic E-state index is 0.218. The van der Waals surface area contributed by atoms with Crippen molar-refractivity contribution in [3.8, 4) is 0 Å². The molecule has 0 aliphatic rings. The Hall–Kier alpha value is 0.230. The highest BCUT2D eigenvalue weighted by molar-refractivity contribution is 7.99. The lowest BCUT2D eigenvalue weighted by Gasteiger charge is -2.21. The van der Waals surface area contributed by atoms with Gasteiger partial charge >= 0.3 is 0 Å². The Morgan fingerprint density at radius 1 is 1.20 bits per heavy atom. The van der Waals surface area contributed by atoms with Gasteiger partial charge in [0.25, 0.3) is 0 Å². The van der Waals surface area contributed by atoms with Crippen LogP contribution < -0.4 is 10.6 Å². The maximum Gasteiger partial charge on any atom is 0.0556 e. The van der Waals surface area contributed by atoms with Crippen LogP contribution in [0.1, 0.15) is 27.2 Å². The highest BCUT2D eigenvalue weighted by Crippen LogP contribution is 2.13. The standard InChI is InChI=1S/C11H26N2OS/c1-9(2)13-8-10(3)7-11(15-4)12-5-6-14/h9-14H,5-8H2,1-4H3. The maximum atomic E-state index is 8.74. The minimum Gasteiger partial charge on any atom is -0.395 e. The van der Waals surface area contributed by atoms with Crippen molar-refractivity contribution in [2.75, 3.05) is 26.0 Å². The average Bonchev–Trinajstić information content (AvgIpc) is 2.21.